The van der Waals surface area contributed by atoms with Gasteiger partial charge in [0.25, 0.3) is 5.91 Å². The van der Waals surface area contributed by atoms with E-state index in [1.165, 1.54) is 0 Å². The van der Waals surface area contributed by atoms with E-state index in [-0.39, 0.29) is 19.1 Å². The van der Waals surface area contributed by atoms with Crippen LogP contribution in [-0.4, -0.2) is 40.6 Å². The lowest BCUT2D eigenvalue weighted by Gasteiger charge is -2.30. The van der Waals surface area contributed by atoms with Crippen molar-refractivity contribution in [3.63, 3.8) is 0 Å². The Kier molecular flexibility index (Phi) is 2.06. The normalized spacial score (nSPS) is 18.4. The number of imide groups is 1. The lowest BCUT2D eigenvalue weighted by molar-refractivity contribution is -0.129. The second-order valence-electron chi connectivity index (χ2n) is 3.36. The number of carbonyl (C=O) groups excluding carboxylic acids is 2. The zero-order valence-electron chi connectivity index (χ0n) is 7.13. The van der Waals surface area contributed by atoms with Crippen molar-refractivity contribution in [2.75, 3.05) is 13.2 Å². The molecule has 0 aromatic carbocycles. The number of hydrogen-bond acceptors (Lipinski definition) is 3. The average Bonchev–Trinajstić information content (AvgIpc) is 2.31. The summed E-state index contributed by atoms with van der Waals surface area (Å²) in [6.45, 7) is 3.07. The fourth-order valence-corrected chi connectivity index (χ4v) is 1.11. The monoisotopic (exact) mass is 172 g/mol. The van der Waals surface area contributed by atoms with Gasteiger partial charge in [-0.15, -0.1) is 0 Å². The summed E-state index contributed by atoms with van der Waals surface area (Å²) in [5.41, 5.74) is -0.808. The molecule has 1 heterocycles. The molecule has 1 saturated heterocycles. The highest BCUT2D eigenvalue weighted by Gasteiger charge is 2.39. The Morgan fingerprint density at radius 3 is 2.50 bits per heavy atom. The van der Waals surface area contributed by atoms with Crippen LogP contribution in [0, 0.1) is 0 Å². The first-order chi connectivity index (χ1) is 5.49. The minimum atomic E-state index is -0.808. The fraction of sp³-hybridized carbons (Fsp3) is 0.714. The molecule has 0 atom stereocenters. The van der Waals surface area contributed by atoms with Crippen LogP contribution in [0.1, 0.15) is 13.8 Å². The van der Waals surface area contributed by atoms with Crippen molar-refractivity contribution in [2.45, 2.75) is 19.4 Å². The maximum atomic E-state index is 11.1. The van der Waals surface area contributed by atoms with E-state index in [1.807, 2.05) is 0 Å². The number of urea groups is 1. The number of rotatable bonds is 2. The summed E-state index contributed by atoms with van der Waals surface area (Å²) in [6, 6.07) is -0.431. The van der Waals surface area contributed by atoms with Gasteiger partial charge in [-0.1, -0.05) is 0 Å². The first kappa shape index (κ1) is 8.99. The maximum absolute atomic E-state index is 11.1. The Hall–Kier alpha value is -1.10. The van der Waals surface area contributed by atoms with Gasteiger partial charge in [0.2, 0.25) is 0 Å². The van der Waals surface area contributed by atoms with E-state index in [4.69, 9.17) is 5.11 Å². The molecule has 0 bridgehead atoms. The number of amides is 3. The predicted molar refractivity (Wildman–Crippen MR) is 41.4 cm³/mol. The molecule has 0 aromatic heterocycles. The minimum absolute atomic E-state index is 0.0300. The minimum Gasteiger partial charge on any atom is -0.394 e. The number of aliphatic hydroxyl groups excluding tert-OH is 1. The molecule has 0 aromatic rings. The zero-order valence-corrected chi connectivity index (χ0v) is 7.13. The van der Waals surface area contributed by atoms with Crippen molar-refractivity contribution in [1.82, 2.24) is 10.2 Å². The summed E-state index contributed by atoms with van der Waals surface area (Å²) in [4.78, 5) is 23.2. The van der Waals surface area contributed by atoms with Crippen molar-refractivity contribution >= 4 is 11.9 Å². The fourth-order valence-electron chi connectivity index (χ4n) is 1.11. The molecular weight excluding hydrogens is 160 g/mol. The molecule has 0 spiro atoms. The number of nitrogens with zero attached hydrogens (tertiary/aromatic N) is 1. The van der Waals surface area contributed by atoms with Crippen molar-refractivity contribution in [3.8, 4) is 0 Å². The number of nitrogens with one attached hydrogen (secondary N) is 1. The molecule has 1 aliphatic rings. The molecule has 1 fully saturated rings. The molecule has 0 aliphatic carbocycles. The van der Waals surface area contributed by atoms with Gasteiger partial charge in [0.1, 0.15) is 0 Å². The summed E-state index contributed by atoms with van der Waals surface area (Å²) in [5.74, 6) is -0.293. The molecule has 5 heteroatoms. The first-order valence-corrected chi connectivity index (χ1v) is 3.71. The van der Waals surface area contributed by atoms with Crippen LogP contribution in [0.4, 0.5) is 4.79 Å². The molecule has 2 N–H and O–H groups in total. The predicted octanol–water partition coefficient (Wildman–Crippen LogP) is -0.691. The molecule has 12 heavy (non-hydrogen) atoms. The van der Waals surface area contributed by atoms with E-state index in [1.54, 1.807) is 13.8 Å². The van der Waals surface area contributed by atoms with Gasteiger partial charge in [-0.3, -0.25) is 9.69 Å². The van der Waals surface area contributed by atoms with Crippen molar-refractivity contribution in [2.24, 2.45) is 0 Å². The highest BCUT2D eigenvalue weighted by atomic mass is 16.3. The van der Waals surface area contributed by atoms with Gasteiger partial charge in [0, 0.05) is 0 Å². The Morgan fingerprint density at radius 2 is 2.17 bits per heavy atom. The quantitative estimate of drug-likeness (QED) is 0.541. The van der Waals surface area contributed by atoms with Crippen LogP contribution in [0.15, 0.2) is 0 Å². The SMILES string of the molecule is CC(C)(CO)N1C(=O)CNC1=O. The van der Waals surface area contributed by atoms with E-state index in [2.05, 4.69) is 5.32 Å². The van der Waals surface area contributed by atoms with Gasteiger partial charge in [0.15, 0.2) is 0 Å². The van der Waals surface area contributed by atoms with Gasteiger partial charge in [-0.2, -0.15) is 0 Å². The second-order valence-corrected chi connectivity index (χ2v) is 3.36. The molecule has 68 valence electrons. The van der Waals surface area contributed by atoms with Crippen molar-refractivity contribution in [3.05, 3.63) is 0 Å². The van der Waals surface area contributed by atoms with Crippen molar-refractivity contribution in [1.29, 1.82) is 0 Å². The van der Waals surface area contributed by atoms with Crippen LogP contribution in [0.25, 0.3) is 0 Å². The Bertz CT molecular complexity index is 209. The average molecular weight is 172 g/mol. The molecular formula is C7H12N2O3. The molecule has 0 saturated carbocycles. The largest absolute Gasteiger partial charge is 0.394 e. The Labute approximate surface area is 70.4 Å². The Balaban J connectivity index is 2.86. The third kappa shape index (κ3) is 1.27. The lowest BCUT2D eigenvalue weighted by Crippen LogP contribution is -2.50. The second kappa shape index (κ2) is 2.75. The van der Waals surface area contributed by atoms with Crippen LogP contribution in [0.5, 0.6) is 0 Å². The lowest BCUT2D eigenvalue weighted by atomic mass is 10.1. The van der Waals surface area contributed by atoms with Gasteiger partial charge < -0.3 is 10.4 Å². The third-order valence-corrected chi connectivity index (χ3v) is 1.84. The molecule has 0 unspecified atom stereocenters. The van der Waals surface area contributed by atoms with Crippen LogP contribution in [0.2, 0.25) is 0 Å². The van der Waals surface area contributed by atoms with Gasteiger partial charge in [-0.05, 0) is 13.8 Å². The molecule has 1 aliphatic heterocycles. The van der Waals surface area contributed by atoms with Crippen LogP contribution in [-0.2, 0) is 4.79 Å². The molecule has 5 nitrogen and oxygen atoms in total. The molecule has 3 amide bonds. The van der Waals surface area contributed by atoms with Gasteiger partial charge in [0.05, 0.1) is 18.7 Å². The molecule has 1 rings (SSSR count). The van der Waals surface area contributed by atoms with Crippen LogP contribution >= 0.6 is 0 Å². The zero-order chi connectivity index (χ0) is 9.35. The topological polar surface area (TPSA) is 69.6 Å². The first-order valence-electron chi connectivity index (χ1n) is 3.71. The van der Waals surface area contributed by atoms with Gasteiger partial charge >= 0.3 is 6.03 Å². The highest BCUT2D eigenvalue weighted by molar-refractivity contribution is 6.02. The summed E-state index contributed by atoms with van der Waals surface area (Å²) >= 11 is 0. The maximum Gasteiger partial charge on any atom is 0.325 e. The van der Waals surface area contributed by atoms with Crippen LogP contribution < -0.4 is 5.32 Å². The van der Waals surface area contributed by atoms with Gasteiger partial charge in [-0.25, -0.2) is 4.79 Å². The van der Waals surface area contributed by atoms with E-state index < -0.39 is 11.6 Å². The number of hydrogen-bond donors (Lipinski definition) is 2. The van der Waals surface area contributed by atoms with E-state index >= 15 is 0 Å². The summed E-state index contributed by atoms with van der Waals surface area (Å²) in [5, 5.41) is 11.3. The number of aliphatic hydroxyl groups is 1. The third-order valence-electron chi connectivity index (χ3n) is 1.84. The summed E-state index contributed by atoms with van der Waals surface area (Å²) < 4.78 is 0. The van der Waals surface area contributed by atoms with E-state index in [9.17, 15) is 9.59 Å². The van der Waals surface area contributed by atoms with E-state index in [0.29, 0.717) is 0 Å². The summed E-state index contributed by atoms with van der Waals surface area (Å²) in [7, 11) is 0. The standard InChI is InChI=1S/C7H12N2O3/c1-7(2,4-10)9-5(11)3-8-6(9)12/h10H,3-4H2,1-2H3,(H,8,12). The smallest absolute Gasteiger partial charge is 0.325 e. The molecule has 0 radical (unpaired) electrons. The van der Waals surface area contributed by atoms with Crippen LogP contribution in [0.3, 0.4) is 0 Å². The number of carbonyl (C=O) groups is 2. The Morgan fingerprint density at radius 1 is 1.58 bits per heavy atom. The van der Waals surface area contributed by atoms with E-state index in [0.717, 1.165) is 4.90 Å². The van der Waals surface area contributed by atoms with Crippen molar-refractivity contribution < 1.29 is 14.7 Å². The highest BCUT2D eigenvalue weighted by Crippen LogP contribution is 2.16. The summed E-state index contributed by atoms with van der Waals surface area (Å²) in [6.07, 6.45) is 0.